The molecule has 0 radical (unpaired) electrons. The fourth-order valence-corrected chi connectivity index (χ4v) is 2.95. The highest BCUT2D eigenvalue weighted by atomic mass is 16.5. The van der Waals surface area contributed by atoms with Gasteiger partial charge in [0.2, 0.25) is 0 Å². The summed E-state index contributed by atoms with van der Waals surface area (Å²) in [5.41, 5.74) is 6.72. The topological polar surface area (TPSA) is 82.2 Å². The number of nitrogens with two attached hydrogens (primary N) is 1. The van der Waals surface area contributed by atoms with Crippen molar-refractivity contribution in [3.8, 4) is 11.4 Å². The minimum atomic E-state index is -0.400. The standard InChI is InChI=1S/C20H28N4O2/c1-14(2)12-26-17-11-24(16-7-5-4-6-8-16)23-18(17)19(25)22-20(3,13-21)15-9-10-15/h4-8,11,14-15H,9-10,12-13,21H2,1-3H3,(H,22,25). The Kier molecular flexibility index (Phi) is 5.32. The third-order valence-electron chi connectivity index (χ3n) is 4.79. The van der Waals surface area contributed by atoms with Gasteiger partial charge in [-0.1, -0.05) is 32.0 Å². The van der Waals surface area contributed by atoms with Crippen molar-refractivity contribution >= 4 is 5.91 Å². The second kappa shape index (κ2) is 7.50. The van der Waals surface area contributed by atoms with E-state index in [0.717, 1.165) is 18.5 Å². The lowest BCUT2D eigenvalue weighted by Crippen LogP contribution is -2.53. The number of benzene rings is 1. The van der Waals surface area contributed by atoms with Crippen LogP contribution in [0.1, 0.15) is 44.1 Å². The van der Waals surface area contributed by atoms with Crippen LogP contribution in [0.5, 0.6) is 5.75 Å². The normalized spacial score (nSPS) is 16.3. The van der Waals surface area contributed by atoms with Crippen LogP contribution in [0.25, 0.3) is 5.69 Å². The van der Waals surface area contributed by atoms with Gasteiger partial charge in [0, 0.05) is 6.54 Å². The maximum absolute atomic E-state index is 12.9. The molecule has 1 aromatic heterocycles. The first-order chi connectivity index (χ1) is 12.4. The molecule has 1 aliphatic rings. The van der Waals surface area contributed by atoms with E-state index in [9.17, 15) is 4.79 Å². The summed E-state index contributed by atoms with van der Waals surface area (Å²) >= 11 is 0. The SMILES string of the molecule is CC(C)COc1cn(-c2ccccc2)nc1C(=O)NC(C)(CN)C1CC1. The highest BCUT2D eigenvalue weighted by Gasteiger charge is 2.42. The maximum atomic E-state index is 12.9. The van der Waals surface area contributed by atoms with E-state index in [0.29, 0.717) is 36.4 Å². The summed E-state index contributed by atoms with van der Waals surface area (Å²) in [6.45, 7) is 7.08. The number of ether oxygens (including phenoxy) is 1. The third kappa shape index (κ3) is 4.07. The molecule has 1 aromatic carbocycles. The average Bonchev–Trinajstić information content (AvgIpc) is 3.41. The van der Waals surface area contributed by atoms with E-state index in [1.807, 2.05) is 37.3 Å². The molecule has 1 saturated carbocycles. The summed E-state index contributed by atoms with van der Waals surface area (Å²) in [4.78, 5) is 12.9. The number of hydrogen-bond acceptors (Lipinski definition) is 4. The number of aromatic nitrogens is 2. The van der Waals surface area contributed by atoms with Gasteiger partial charge in [-0.2, -0.15) is 5.10 Å². The molecule has 1 amide bonds. The molecule has 3 rings (SSSR count). The molecule has 6 nitrogen and oxygen atoms in total. The number of rotatable bonds is 8. The fourth-order valence-electron chi connectivity index (χ4n) is 2.95. The zero-order valence-corrected chi connectivity index (χ0v) is 15.7. The van der Waals surface area contributed by atoms with Gasteiger partial charge in [0.05, 0.1) is 24.0 Å². The highest BCUT2D eigenvalue weighted by Crippen LogP contribution is 2.39. The highest BCUT2D eigenvalue weighted by molar-refractivity contribution is 5.95. The molecule has 0 aliphatic heterocycles. The Morgan fingerprint density at radius 1 is 1.38 bits per heavy atom. The number of nitrogens with one attached hydrogen (secondary N) is 1. The Hall–Kier alpha value is -2.34. The number of nitrogens with zero attached hydrogens (tertiary/aromatic N) is 2. The number of carbonyl (C=O) groups excluding carboxylic acids is 1. The molecule has 0 saturated heterocycles. The maximum Gasteiger partial charge on any atom is 0.276 e. The minimum Gasteiger partial charge on any atom is -0.489 e. The summed E-state index contributed by atoms with van der Waals surface area (Å²) in [5.74, 6) is 1.05. The first kappa shape index (κ1) is 18.5. The van der Waals surface area contributed by atoms with Gasteiger partial charge in [0.15, 0.2) is 11.4 Å². The van der Waals surface area contributed by atoms with E-state index in [1.54, 1.807) is 10.9 Å². The predicted octanol–water partition coefficient (Wildman–Crippen LogP) is 2.76. The molecule has 1 atom stereocenters. The third-order valence-corrected chi connectivity index (χ3v) is 4.79. The van der Waals surface area contributed by atoms with Gasteiger partial charge in [-0.3, -0.25) is 4.79 Å². The Labute approximate surface area is 154 Å². The zero-order valence-electron chi connectivity index (χ0n) is 15.7. The first-order valence-corrected chi connectivity index (χ1v) is 9.23. The van der Waals surface area contributed by atoms with Crippen LogP contribution in [0.3, 0.4) is 0 Å². The smallest absolute Gasteiger partial charge is 0.276 e. The van der Waals surface area contributed by atoms with E-state index in [-0.39, 0.29) is 5.91 Å². The van der Waals surface area contributed by atoms with E-state index >= 15 is 0 Å². The second-order valence-corrected chi connectivity index (χ2v) is 7.68. The van der Waals surface area contributed by atoms with E-state index in [4.69, 9.17) is 10.5 Å². The molecule has 0 spiro atoms. The van der Waals surface area contributed by atoms with Crippen LogP contribution < -0.4 is 15.8 Å². The molecule has 140 valence electrons. The van der Waals surface area contributed by atoms with E-state index < -0.39 is 5.54 Å². The Morgan fingerprint density at radius 3 is 2.65 bits per heavy atom. The fraction of sp³-hybridized carbons (Fsp3) is 0.500. The van der Waals surface area contributed by atoms with Crippen LogP contribution in [0, 0.1) is 11.8 Å². The Bertz CT molecular complexity index is 752. The molecule has 6 heteroatoms. The average molecular weight is 356 g/mol. The van der Waals surface area contributed by atoms with Gasteiger partial charge in [0.1, 0.15) is 0 Å². The summed E-state index contributed by atoms with van der Waals surface area (Å²) in [7, 11) is 0. The molecular weight excluding hydrogens is 328 g/mol. The lowest BCUT2D eigenvalue weighted by molar-refractivity contribution is 0.0887. The largest absolute Gasteiger partial charge is 0.489 e. The molecule has 1 fully saturated rings. The second-order valence-electron chi connectivity index (χ2n) is 7.68. The zero-order chi connectivity index (χ0) is 18.7. The van der Waals surface area contributed by atoms with Crippen LogP contribution in [0.2, 0.25) is 0 Å². The van der Waals surface area contributed by atoms with Crippen molar-refractivity contribution in [2.24, 2.45) is 17.6 Å². The summed E-state index contributed by atoms with van der Waals surface area (Å²) < 4.78 is 7.55. The van der Waals surface area contributed by atoms with Crippen molar-refractivity contribution < 1.29 is 9.53 Å². The van der Waals surface area contributed by atoms with Gasteiger partial charge in [0.25, 0.3) is 5.91 Å². The van der Waals surface area contributed by atoms with Gasteiger partial charge < -0.3 is 15.8 Å². The van der Waals surface area contributed by atoms with Crippen molar-refractivity contribution in [2.45, 2.75) is 39.2 Å². The van der Waals surface area contributed by atoms with Crippen LogP contribution in [-0.4, -0.2) is 34.4 Å². The van der Waals surface area contributed by atoms with E-state index in [1.165, 1.54) is 0 Å². The quantitative estimate of drug-likeness (QED) is 0.762. The van der Waals surface area contributed by atoms with Gasteiger partial charge >= 0.3 is 0 Å². The summed E-state index contributed by atoms with van der Waals surface area (Å²) in [6.07, 6.45) is 3.97. The number of amides is 1. The molecular formula is C20H28N4O2. The van der Waals surface area contributed by atoms with Crippen LogP contribution in [-0.2, 0) is 0 Å². The Balaban J connectivity index is 1.88. The van der Waals surface area contributed by atoms with Gasteiger partial charge in [-0.05, 0) is 43.7 Å². The molecule has 1 unspecified atom stereocenters. The summed E-state index contributed by atoms with van der Waals surface area (Å²) in [6, 6.07) is 9.69. The van der Waals surface area contributed by atoms with Crippen molar-refractivity contribution in [1.29, 1.82) is 0 Å². The van der Waals surface area contributed by atoms with Gasteiger partial charge in [-0.15, -0.1) is 0 Å². The van der Waals surface area contributed by atoms with Crippen LogP contribution >= 0.6 is 0 Å². The van der Waals surface area contributed by atoms with Gasteiger partial charge in [-0.25, -0.2) is 4.68 Å². The summed E-state index contributed by atoms with van der Waals surface area (Å²) in [5, 5.41) is 7.59. The molecule has 3 N–H and O–H groups in total. The number of para-hydroxylation sites is 1. The number of hydrogen-bond donors (Lipinski definition) is 2. The lowest BCUT2D eigenvalue weighted by atomic mass is 9.96. The Morgan fingerprint density at radius 2 is 2.08 bits per heavy atom. The molecule has 0 bridgehead atoms. The van der Waals surface area contributed by atoms with Crippen molar-refractivity contribution in [3.05, 3.63) is 42.2 Å². The molecule has 1 heterocycles. The first-order valence-electron chi connectivity index (χ1n) is 9.23. The molecule has 1 aliphatic carbocycles. The van der Waals surface area contributed by atoms with Crippen molar-refractivity contribution in [2.75, 3.05) is 13.2 Å². The minimum absolute atomic E-state index is 0.238. The molecule has 2 aromatic rings. The number of carbonyl (C=O) groups is 1. The monoisotopic (exact) mass is 356 g/mol. The molecule has 26 heavy (non-hydrogen) atoms. The van der Waals surface area contributed by atoms with Crippen LogP contribution in [0.4, 0.5) is 0 Å². The van der Waals surface area contributed by atoms with Crippen molar-refractivity contribution in [1.82, 2.24) is 15.1 Å². The van der Waals surface area contributed by atoms with Crippen LogP contribution in [0.15, 0.2) is 36.5 Å². The lowest BCUT2D eigenvalue weighted by Gasteiger charge is -2.29. The van der Waals surface area contributed by atoms with Crippen molar-refractivity contribution in [3.63, 3.8) is 0 Å². The predicted molar refractivity (Wildman–Crippen MR) is 102 cm³/mol. The van der Waals surface area contributed by atoms with E-state index in [2.05, 4.69) is 24.3 Å².